The van der Waals surface area contributed by atoms with E-state index in [-0.39, 0.29) is 0 Å². The van der Waals surface area contributed by atoms with E-state index in [1.54, 1.807) is 7.11 Å². The van der Waals surface area contributed by atoms with E-state index in [1.807, 2.05) is 0 Å². The number of likely N-dealkylation sites (tertiary alicyclic amines) is 1. The molecule has 1 atom stereocenters. The molecule has 0 bridgehead atoms. The van der Waals surface area contributed by atoms with E-state index in [1.165, 1.54) is 11.1 Å². The predicted molar refractivity (Wildman–Crippen MR) is 70.2 cm³/mol. The summed E-state index contributed by atoms with van der Waals surface area (Å²) in [6.45, 7) is 5.22. The molecule has 3 heteroatoms. The highest BCUT2D eigenvalue weighted by Crippen LogP contribution is 2.23. The van der Waals surface area contributed by atoms with Crippen LogP contribution in [0, 0.1) is 0 Å². The number of hydrogen-bond acceptors (Lipinski definition) is 3. The second-order valence-electron chi connectivity index (χ2n) is 4.78. The normalized spacial score (nSPS) is 20.8. The maximum atomic E-state index is 5.93. The SMILES string of the molecule is CCc1ccc(OC)c(CN2CCC(N)C2)c1. The van der Waals surface area contributed by atoms with Gasteiger partial charge in [0.15, 0.2) is 0 Å². The number of nitrogens with two attached hydrogens (primary N) is 1. The quantitative estimate of drug-likeness (QED) is 0.863. The fraction of sp³-hybridized carbons (Fsp3) is 0.571. The summed E-state index contributed by atoms with van der Waals surface area (Å²) < 4.78 is 5.42. The standard InChI is InChI=1S/C14H22N2O/c1-3-11-4-5-14(17-2)12(8-11)9-16-7-6-13(15)10-16/h4-5,8,13H,3,6-7,9-10,15H2,1-2H3. The third kappa shape index (κ3) is 2.99. The summed E-state index contributed by atoms with van der Waals surface area (Å²) in [5.41, 5.74) is 8.58. The summed E-state index contributed by atoms with van der Waals surface area (Å²) in [4.78, 5) is 2.40. The molecule has 2 rings (SSSR count). The number of rotatable bonds is 4. The van der Waals surface area contributed by atoms with Crippen molar-refractivity contribution in [1.29, 1.82) is 0 Å². The second-order valence-corrected chi connectivity index (χ2v) is 4.78. The van der Waals surface area contributed by atoms with E-state index in [9.17, 15) is 0 Å². The molecule has 3 nitrogen and oxygen atoms in total. The first kappa shape index (κ1) is 12.4. The second kappa shape index (κ2) is 5.52. The number of aryl methyl sites for hydroxylation is 1. The van der Waals surface area contributed by atoms with E-state index in [4.69, 9.17) is 10.5 Å². The Kier molecular flexibility index (Phi) is 4.02. The van der Waals surface area contributed by atoms with Gasteiger partial charge >= 0.3 is 0 Å². The summed E-state index contributed by atoms with van der Waals surface area (Å²) in [5.74, 6) is 0.989. The Hall–Kier alpha value is -1.06. The number of ether oxygens (including phenoxy) is 1. The zero-order chi connectivity index (χ0) is 12.3. The fourth-order valence-electron chi connectivity index (χ4n) is 2.42. The highest BCUT2D eigenvalue weighted by molar-refractivity contribution is 5.37. The molecule has 1 saturated heterocycles. The van der Waals surface area contributed by atoms with Gasteiger partial charge in [0.05, 0.1) is 7.11 Å². The average Bonchev–Trinajstić information content (AvgIpc) is 2.74. The largest absolute Gasteiger partial charge is 0.496 e. The Morgan fingerprint density at radius 1 is 1.47 bits per heavy atom. The van der Waals surface area contributed by atoms with Gasteiger partial charge in [0.25, 0.3) is 0 Å². The molecule has 0 aliphatic carbocycles. The summed E-state index contributed by atoms with van der Waals surface area (Å²) in [7, 11) is 1.74. The van der Waals surface area contributed by atoms with Gasteiger partial charge in [-0.3, -0.25) is 4.90 Å². The van der Waals surface area contributed by atoms with Crippen LogP contribution in [0.2, 0.25) is 0 Å². The first-order valence-corrected chi connectivity index (χ1v) is 6.36. The van der Waals surface area contributed by atoms with E-state index in [0.29, 0.717) is 6.04 Å². The zero-order valence-electron chi connectivity index (χ0n) is 10.8. The predicted octanol–water partition coefficient (Wildman–Crippen LogP) is 1.79. The molecule has 17 heavy (non-hydrogen) atoms. The molecular weight excluding hydrogens is 212 g/mol. The number of benzene rings is 1. The van der Waals surface area contributed by atoms with Crippen LogP contribution in [0.1, 0.15) is 24.5 Å². The molecule has 0 spiro atoms. The molecule has 94 valence electrons. The molecule has 1 aromatic rings. The Morgan fingerprint density at radius 3 is 2.88 bits per heavy atom. The van der Waals surface area contributed by atoms with Crippen LogP contribution in [0.4, 0.5) is 0 Å². The molecule has 0 saturated carbocycles. The molecule has 0 radical (unpaired) electrons. The molecule has 1 heterocycles. The molecule has 1 unspecified atom stereocenters. The van der Waals surface area contributed by atoms with Gasteiger partial charge in [-0.25, -0.2) is 0 Å². The van der Waals surface area contributed by atoms with E-state index >= 15 is 0 Å². The highest BCUT2D eigenvalue weighted by atomic mass is 16.5. The molecule has 0 aromatic heterocycles. The topological polar surface area (TPSA) is 38.5 Å². The summed E-state index contributed by atoms with van der Waals surface area (Å²) in [6, 6.07) is 6.81. The minimum Gasteiger partial charge on any atom is -0.496 e. The van der Waals surface area contributed by atoms with Crippen molar-refractivity contribution in [2.24, 2.45) is 5.73 Å². The lowest BCUT2D eigenvalue weighted by Crippen LogP contribution is -2.26. The monoisotopic (exact) mass is 234 g/mol. The van der Waals surface area contributed by atoms with Gasteiger partial charge in [0, 0.05) is 31.2 Å². The van der Waals surface area contributed by atoms with Crippen molar-refractivity contribution in [3.63, 3.8) is 0 Å². The van der Waals surface area contributed by atoms with Gasteiger partial charge in [0.1, 0.15) is 5.75 Å². The number of methoxy groups -OCH3 is 1. The van der Waals surface area contributed by atoms with Crippen molar-refractivity contribution in [3.8, 4) is 5.75 Å². The van der Waals surface area contributed by atoms with Crippen LogP contribution < -0.4 is 10.5 Å². The number of nitrogens with zero attached hydrogens (tertiary/aromatic N) is 1. The molecule has 1 aliphatic heterocycles. The Labute approximate surface area is 104 Å². The van der Waals surface area contributed by atoms with E-state index < -0.39 is 0 Å². The van der Waals surface area contributed by atoms with Gasteiger partial charge in [-0.05, 0) is 24.5 Å². The first-order valence-electron chi connectivity index (χ1n) is 6.36. The lowest BCUT2D eigenvalue weighted by atomic mass is 10.1. The van der Waals surface area contributed by atoms with Crippen LogP contribution in [0.5, 0.6) is 5.75 Å². The maximum Gasteiger partial charge on any atom is 0.123 e. The fourth-order valence-corrected chi connectivity index (χ4v) is 2.42. The third-order valence-corrected chi connectivity index (χ3v) is 3.46. The van der Waals surface area contributed by atoms with Crippen molar-refractivity contribution in [3.05, 3.63) is 29.3 Å². The van der Waals surface area contributed by atoms with Gasteiger partial charge in [-0.15, -0.1) is 0 Å². The molecule has 1 fully saturated rings. The van der Waals surface area contributed by atoms with Crippen molar-refractivity contribution in [2.75, 3.05) is 20.2 Å². The van der Waals surface area contributed by atoms with Crippen LogP contribution in [-0.4, -0.2) is 31.1 Å². The van der Waals surface area contributed by atoms with Crippen LogP contribution >= 0.6 is 0 Å². The molecule has 0 amide bonds. The Balaban J connectivity index is 2.12. The average molecular weight is 234 g/mol. The molecule has 1 aliphatic rings. The zero-order valence-corrected chi connectivity index (χ0v) is 10.8. The van der Waals surface area contributed by atoms with Crippen LogP contribution in [-0.2, 0) is 13.0 Å². The lowest BCUT2D eigenvalue weighted by molar-refractivity contribution is 0.317. The minimum absolute atomic E-state index is 0.343. The highest BCUT2D eigenvalue weighted by Gasteiger charge is 2.20. The third-order valence-electron chi connectivity index (χ3n) is 3.46. The minimum atomic E-state index is 0.343. The summed E-state index contributed by atoms with van der Waals surface area (Å²) in [6.07, 6.45) is 2.17. The van der Waals surface area contributed by atoms with E-state index in [0.717, 1.165) is 38.2 Å². The lowest BCUT2D eigenvalue weighted by Gasteiger charge is -2.18. The van der Waals surface area contributed by atoms with Gasteiger partial charge in [-0.2, -0.15) is 0 Å². The van der Waals surface area contributed by atoms with Gasteiger partial charge in [-0.1, -0.05) is 19.1 Å². The molecule has 2 N–H and O–H groups in total. The van der Waals surface area contributed by atoms with Gasteiger partial charge < -0.3 is 10.5 Å². The van der Waals surface area contributed by atoms with Gasteiger partial charge in [0.2, 0.25) is 0 Å². The van der Waals surface area contributed by atoms with Crippen molar-refractivity contribution in [1.82, 2.24) is 4.90 Å². The molecule has 1 aromatic carbocycles. The summed E-state index contributed by atoms with van der Waals surface area (Å²) in [5, 5.41) is 0. The number of hydrogen-bond donors (Lipinski definition) is 1. The van der Waals surface area contributed by atoms with Crippen molar-refractivity contribution < 1.29 is 4.74 Å². The molecular formula is C14H22N2O. The first-order chi connectivity index (χ1) is 8.22. The van der Waals surface area contributed by atoms with Crippen LogP contribution in [0.25, 0.3) is 0 Å². The van der Waals surface area contributed by atoms with Crippen molar-refractivity contribution >= 4 is 0 Å². The van der Waals surface area contributed by atoms with Crippen LogP contribution in [0.3, 0.4) is 0 Å². The maximum absolute atomic E-state index is 5.93. The Bertz CT molecular complexity index is 378. The smallest absolute Gasteiger partial charge is 0.123 e. The Morgan fingerprint density at radius 2 is 2.29 bits per heavy atom. The van der Waals surface area contributed by atoms with Crippen molar-refractivity contribution in [2.45, 2.75) is 32.4 Å². The van der Waals surface area contributed by atoms with Crippen LogP contribution in [0.15, 0.2) is 18.2 Å². The summed E-state index contributed by atoms with van der Waals surface area (Å²) >= 11 is 0. The van der Waals surface area contributed by atoms with E-state index in [2.05, 4.69) is 30.0 Å².